The Morgan fingerprint density at radius 2 is 1.39 bits per heavy atom. The SMILES string of the molecule is COc1ccc([C@@H]2CC(=O)c3c(cc(O[C@@H]4O[C@H](CO[C@@H]5O[C@@H](C)[C@H](O)[C@@H](O)[C@H]5O)[C@@H](O)[C@H](O)[C@H]4O)cc3OP(=O)(O)O)O2)cc1OP(=O)(O)O. The molecule has 0 radical (unpaired) electrons. The molecule has 10 N–H and O–H groups in total. The van der Waals surface area contributed by atoms with Crippen LogP contribution in [0.3, 0.4) is 0 Å². The highest BCUT2D eigenvalue weighted by Crippen LogP contribution is 2.49. The molecule has 0 amide bonds. The van der Waals surface area contributed by atoms with Crippen LogP contribution in [0.2, 0.25) is 0 Å². The third kappa shape index (κ3) is 8.99. The first-order valence-corrected chi connectivity index (χ1v) is 18.1. The first-order chi connectivity index (χ1) is 23.8. The summed E-state index contributed by atoms with van der Waals surface area (Å²) >= 11 is 0. The summed E-state index contributed by atoms with van der Waals surface area (Å²) in [7, 11) is -9.15. The predicted molar refractivity (Wildman–Crippen MR) is 163 cm³/mol. The molecule has 21 nitrogen and oxygen atoms in total. The van der Waals surface area contributed by atoms with Gasteiger partial charge in [0, 0.05) is 12.1 Å². The normalized spacial score (nSPS) is 32.8. The van der Waals surface area contributed by atoms with Crippen LogP contribution in [0.15, 0.2) is 30.3 Å². The molecule has 23 heteroatoms. The summed E-state index contributed by atoms with van der Waals surface area (Å²) in [5.41, 5.74) is -0.252. The topological polar surface area (TPSA) is 327 Å². The number of hydrogen-bond acceptors (Lipinski definition) is 17. The van der Waals surface area contributed by atoms with Crippen molar-refractivity contribution < 1.29 is 102 Å². The summed E-state index contributed by atoms with van der Waals surface area (Å²) < 4.78 is 65.9. The molecular weight excluding hydrogens is 734 g/mol. The third-order valence-electron chi connectivity index (χ3n) is 8.11. The van der Waals surface area contributed by atoms with Crippen LogP contribution in [0.1, 0.15) is 35.4 Å². The molecule has 0 spiro atoms. The number of aliphatic hydroxyl groups excluding tert-OH is 6. The van der Waals surface area contributed by atoms with E-state index in [-0.39, 0.29) is 22.8 Å². The lowest BCUT2D eigenvalue weighted by Crippen LogP contribution is -2.61. The average molecular weight is 771 g/mol. The second kappa shape index (κ2) is 15.2. The van der Waals surface area contributed by atoms with Gasteiger partial charge in [-0.3, -0.25) is 24.4 Å². The molecule has 0 unspecified atom stereocenters. The van der Waals surface area contributed by atoms with Gasteiger partial charge in [0.2, 0.25) is 6.29 Å². The smallest absolute Gasteiger partial charge is 0.493 e. The van der Waals surface area contributed by atoms with Crippen LogP contribution in [-0.4, -0.2) is 131 Å². The zero-order chi connectivity index (χ0) is 37.6. The lowest BCUT2D eigenvalue weighted by molar-refractivity contribution is -0.318. The van der Waals surface area contributed by atoms with Gasteiger partial charge < -0.3 is 68.1 Å². The Morgan fingerprint density at radius 1 is 0.765 bits per heavy atom. The number of aliphatic hydroxyl groups is 6. The van der Waals surface area contributed by atoms with Crippen LogP contribution >= 0.6 is 15.6 Å². The predicted octanol–water partition coefficient (Wildman–Crippen LogP) is -1.62. The number of carbonyl (C=O) groups is 1. The van der Waals surface area contributed by atoms with Gasteiger partial charge in [0.1, 0.15) is 71.6 Å². The molecule has 0 bridgehead atoms. The monoisotopic (exact) mass is 770 g/mol. The van der Waals surface area contributed by atoms with Crippen molar-refractivity contribution in [3.05, 3.63) is 41.5 Å². The summed E-state index contributed by atoms with van der Waals surface area (Å²) in [5.74, 6) is -2.64. The molecule has 0 aromatic heterocycles. The van der Waals surface area contributed by atoms with E-state index in [9.17, 15) is 64.1 Å². The lowest BCUT2D eigenvalue weighted by atomic mass is 9.95. The van der Waals surface area contributed by atoms with Crippen molar-refractivity contribution in [1.82, 2.24) is 0 Å². The highest BCUT2D eigenvalue weighted by atomic mass is 31.2. The molecule has 3 heterocycles. The Kier molecular flexibility index (Phi) is 11.7. The number of methoxy groups -OCH3 is 1. The first kappa shape index (κ1) is 39.3. The molecule has 3 aliphatic rings. The minimum Gasteiger partial charge on any atom is -0.493 e. The highest BCUT2D eigenvalue weighted by Gasteiger charge is 2.47. The average Bonchev–Trinajstić information content (AvgIpc) is 3.03. The fraction of sp³-hybridized carbons (Fsp3) is 0.536. The van der Waals surface area contributed by atoms with Gasteiger partial charge in [0.15, 0.2) is 23.6 Å². The van der Waals surface area contributed by atoms with Gasteiger partial charge in [-0.05, 0) is 24.6 Å². The Morgan fingerprint density at radius 3 is 2.04 bits per heavy atom. The number of benzene rings is 2. The summed E-state index contributed by atoms with van der Waals surface area (Å²) in [6.45, 7) is 0.789. The van der Waals surface area contributed by atoms with Crippen molar-refractivity contribution in [2.45, 2.75) is 80.9 Å². The van der Waals surface area contributed by atoms with Crippen LogP contribution in [-0.2, 0) is 23.3 Å². The molecule has 3 aliphatic heterocycles. The molecule has 51 heavy (non-hydrogen) atoms. The molecule has 284 valence electrons. The maximum absolute atomic E-state index is 13.3. The van der Waals surface area contributed by atoms with Gasteiger partial charge in [-0.2, -0.15) is 0 Å². The number of ether oxygens (including phenoxy) is 6. The Labute approximate surface area is 287 Å². The van der Waals surface area contributed by atoms with Gasteiger partial charge in [0.25, 0.3) is 0 Å². The van der Waals surface area contributed by atoms with E-state index in [0.29, 0.717) is 0 Å². The van der Waals surface area contributed by atoms with Gasteiger partial charge in [-0.15, -0.1) is 0 Å². The van der Waals surface area contributed by atoms with Crippen molar-refractivity contribution >= 4 is 21.4 Å². The van der Waals surface area contributed by atoms with E-state index in [1.54, 1.807) is 0 Å². The molecular formula is C28H36O21P2. The lowest BCUT2D eigenvalue weighted by Gasteiger charge is -2.42. The number of phosphoric ester groups is 2. The summed E-state index contributed by atoms with van der Waals surface area (Å²) in [6.07, 6.45) is -17.8. The molecule has 11 atom stereocenters. The zero-order valence-corrected chi connectivity index (χ0v) is 28.3. The zero-order valence-electron chi connectivity index (χ0n) is 26.5. The second-order valence-electron chi connectivity index (χ2n) is 11.7. The summed E-state index contributed by atoms with van der Waals surface area (Å²) in [6, 6.07) is 5.79. The molecule has 2 aromatic carbocycles. The molecule has 0 aliphatic carbocycles. The standard InChI is InChI=1S/C28H36O21P2/c1-10-21(30)23(32)25(34)27(44-10)43-9-19-22(31)24(33)26(35)28(47-19)45-12-6-17-20(18(7-12)49-51(39,40)41)13(29)8-15(46-17)11-3-4-14(42-2)16(5-11)48-50(36,37)38/h3-7,10,15,19,21-28,30-35H,8-9H2,1-2H3,(H2,36,37,38)(H2,39,40,41)/t10-,15-,19+,21-,22+,23+,24-,25+,26+,27+,28+/m0/s1. The minimum absolute atomic E-state index is 0.0620. The van der Waals surface area contributed by atoms with E-state index in [4.69, 9.17) is 32.9 Å². The molecule has 0 saturated carbocycles. The molecule has 2 fully saturated rings. The van der Waals surface area contributed by atoms with Gasteiger partial charge in [-0.1, -0.05) is 6.07 Å². The summed E-state index contributed by atoms with van der Waals surface area (Å²) in [5, 5.41) is 62.0. The second-order valence-corrected chi connectivity index (χ2v) is 14.1. The van der Waals surface area contributed by atoms with Crippen LogP contribution in [0.4, 0.5) is 0 Å². The number of Topliss-reactive ketones (excluding diaryl/α,β-unsaturated/α-hetero) is 1. The number of phosphoric acid groups is 2. The van der Waals surface area contributed by atoms with Crippen molar-refractivity contribution in [2.24, 2.45) is 0 Å². The van der Waals surface area contributed by atoms with Crippen molar-refractivity contribution in [3.8, 4) is 28.7 Å². The Balaban J connectivity index is 1.41. The van der Waals surface area contributed by atoms with Gasteiger partial charge in [0.05, 0.1) is 26.2 Å². The van der Waals surface area contributed by atoms with E-state index in [1.807, 2.05) is 0 Å². The fourth-order valence-corrected chi connectivity index (χ4v) is 6.37. The number of ketones is 1. The number of fused-ring (bicyclic) bond motifs is 1. The van der Waals surface area contributed by atoms with Crippen LogP contribution in [0.25, 0.3) is 0 Å². The minimum atomic E-state index is -5.32. The van der Waals surface area contributed by atoms with E-state index >= 15 is 0 Å². The maximum Gasteiger partial charge on any atom is 0.524 e. The number of hydrogen-bond donors (Lipinski definition) is 10. The van der Waals surface area contributed by atoms with Crippen LogP contribution < -0.4 is 23.3 Å². The maximum atomic E-state index is 13.3. The first-order valence-electron chi connectivity index (χ1n) is 15.0. The fourth-order valence-electron chi connectivity index (χ4n) is 5.57. The quantitative estimate of drug-likeness (QED) is 0.115. The van der Waals surface area contributed by atoms with Crippen molar-refractivity contribution in [2.75, 3.05) is 13.7 Å². The van der Waals surface area contributed by atoms with Gasteiger partial charge >= 0.3 is 15.6 Å². The highest BCUT2D eigenvalue weighted by molar-refractivity contribution is 7.47. The van der Waals surface area contributed by atoms with Crippen molar-refractivity contribution in [1.29, 1.82) is 0 Å². The van der Waals surface area contributed by atoms with Crippen LogP contribution in [0.5, 0.6) is 28.7 Å². The Bertz CT molecular complexity index is 1680. The Hall–Kier alpha value is -2.95. The van der Waals surface area contributed by atoms with Gasteiger partial charge in [-0.25, -0.2) is 9.13 Å². The number of rotatable bonds is 11. The molecule has 5 rings (SSSR count). The van der Waals surface area contributed by atoms with E-state index in [2.05, 4.69) is 4.52 Å². The number of carbonyl (C=O) groups excluding carboxylic acids is 1. The molecule has 2 saturated heterocycles. The largest absolute Gasteiger partial charge is 0.524 e. The van der Waals surface area contributed by atoms with E-state index < -0.39 is 119 Å². The summed E-state index contributed by atoms with van der Waals surface area (Å²) in [4.78, 5) is 51.1. The van der Waals surface area contributed by atoms with E-state index in [1.165, 1.54) is 26.2 Å². The third-order valence-corrected chi connectivity index (χ3v) is 8.98. The van der Waals surface area contributed by atoms with E-state index in [0.717, 1.165) is 18.2 Å². The van der Waals surface area contributed by atoms with Crippen LogP contribution in [0, 0.1) is 0 Å². The van der Waals surface area contributed by atoms with Crippen molar-refractivity contribution in [3.63, 3.8) is 0 Å². The molecule has 2 aromatic rings.